The van der Waals surface area contributed by atoms with Crippen molar-refractivity contribution in [1.82, 2.24) is 25.9 Å². The average Bonchev–Trinajstić information content (AvgIpc) is 3.45. The van der Waals surface area contributed by atoms with Crippen molar-refractivity contribution in [2.75, 3.05) is 18.8 Å². The molecule has 5 rings (SSSR count). The Hall–Kier alpha value is -3.33. The molecule has 0 unspecified atom stereocenters. The van der Waals surface area contributed by atoms with E-state index in [-0.39, 0.29) is 29.5 Å². The molecule has 3 atom stereocenters. The van der Waals surface area contributed by atoms with Gasteiger partial charge >= 0.3 is 0 Å². The van der Waals surface area contributed by atoms with Gasteiger partial charge in [-0.05, 0) is 35.7 Å². The molecule has 1 amide bonds. The Kier molecular flexibility index (Phi) is 6.04. The number of hydrogen-bond acceptors (Lipinski definition) is 7. The number of fused-ring (bicyclic) bond motifs is 1. The molecule has 0 bridgehead atoms. The fourth-order valence-electron chi connectivity index (χ4n) is 4.62. The number of nitrogens with two attached hydrogens (primary N) is 1. The molecule has 170 valence electrons. The summed E-state index contributed by atoms with van der Waals surface area (Å²) in [5, 5.41) is 20.2. The maximum atomic E-state index is 12.7. The number of nitrogen functional groups attached to an aromatic ring is 1. The first-order valence-corrected chi connectivity index (χ1v) is 11.3. The first kappa shape index (κ1) is 21.5. The predicted octanol–water partition coefficient (Wildman–Crippen LogP) is 1.57. The second-order valence-corrected chi connectivity index (χ2v) is 8.68. The number of amides is 1. The number of rotatable bonds is 6. The quantitative estimate of drug-likeness (QED) is 0.391. The maximum Gasteiger partial charge on any atom is 0.274 e. The van der Waals surface area contributed by atoms with Gasteiger partial charge in [0, 0.05) is 31.1 Å². The number of aromatic nitrogens is 2. The zero-order chi connectivity index (χ0) is 22.8. The summed E-state index contributed by atoms with van der Waals surface area (Å²) in [7, 11) is 0. The van der Waals surface area contributed by atoms with Crippen molar-refractivity contribution in [3.05, 3.63) is 77.1 Å². The van der Waals surface area contributed by atoms with Crippen molar-refractivity contribution in [2.45, 2.75) is 37.6 Å². The molecule has 0 saturated carbocycles. The van der Waals surface area contributed by atoms with Crippen LogP contribution in [0.1, 0.15) is 39.6 Å². The van der Waals surface area contributed by atoms with Crippen LogP contribution in [0.15, 0.2) is 54.7 Å². The van der Waals surface area contributed by atoms with Crippen molar-refractivity contribution < 1.29 is 9.90 Å². The second kappa shape index (κ2) is 9.27. The van der Waals surface area contributed by atoms with E-state index in [2.05, 4.69) is 38.1 Å². The molecule has 2 heterocycles. The number of carbonyl (C=O) groups is 1. The molecule has 1 saturated heterocycles. The number of carbonyl (C=O) groups excluding carboxylic acids is 1. The molecule has 6 N–H and O–H groups in total. The van der Waals surface area contributed by atoms with Gasteiger partial charge in [-0.3, -0.25) is 4.79 Å². The molecular formula is C25H28N6O2. The molecule has 2 aliphatic rings. The van der Waals surface area contributed by atoms with Gasteiger partial charge in [0.15, 0.2) is 11.5 Å². The van der Waals surface area contributed by atoms with Crippen LogP contribution < -0.4 is 21.7 Å². The van der Waals surface area contributed by atoms with E-state index in [4.69, 9.17) is 5.73 Å². The molecular weight excluding hydrogens is 416 g/mol. The minimum absolute atomic E-state index is 0.0767. The minimum Gasteiger partial charge on any atom is -0.391 e. The van der Waals surface area contributed by atoms with Gasteiger partial charge in [0.1, 0.15) is 0 Å². The average molecular weight is 445 g/mol. The van der Waals surface area contributed by atoms with Crippen molar-refractivity contribution in [3.8, 4) is 11.3 Å². The number of benzene rings is 2. The van der Waals surface area contributed by atoms with E-state index >= 15 is 0 Å². The molecule has 0 spiro atoms. The molecule has 1 aliphatic carbocycles. The summed E-state index contributed by atoms with van der Waals surface area (Å²) in [6, 6.07) is 16.1. The molecule has 3 aromatic rings. The zero-order valence-electron chi connectivity index (χ0n) is 18.3. The number of aliphatic hydroxyl groups is 1. The summed E-state index contributed by atoms with van der Waals surface area (Å²) in [4.78, 5) is 21.4. The zero-order valence-corrected chi connectivity index (χ0v) is 18.3. The lowest BCUT2D eigenvalue weighted by atomic mass is 10.1. The normalized spacial score (nSPS) is 21.7. The van der Waals surface area contributed by atoms with Crippen LogP contribution >= 0.6 is 0 Å². The van der Waals surface area contributed by atoms with Gasteiger partial charge in [-0.1, -0.05) is 42.5 Å². The highest BCUT2D eigenvalue weighted by molar-refractivity contribution is 5.97. The van der Waals surface area contributed by atoms with Gasteiger partial charge in [-0.2, -0.15) is 0 Å². The fraction of sp³-hybridized carbons (Fsp3) is 0.320. The topological polar surface area (TPSA) is 125 Å². The van der Waals surface area contributed by atoms with Crippen LogP contribution in [0, 0.1) is 0 Å². The summed E-state index contributed by atoms with van der Waals surface area (Å²) < 4.78 is 0. The summed E-state index contributed by atoms with van der Waals surface area (Å²) in [6.07, 6.45) is 2.70. The van der Waals surface area contributed by atoms with E-state index in [9.17, 15) is 9.90 Å². The second-order valence-electron chi connectivity index (χ2n) is 8.68. The first-order valence-electron chi connectivity index (χ1n) is 11.3. The molecule has 1 aromatic heterocycles. The third kappa shape index (κ3) is 4.59. The molecule has 1 aliphatic heterocycles. The Bertz CT molecular complexity index is 1160. The van der Waals surface area contributed by atoms with Crippen LogP contribution in [-0.4, -0.2) is 46.2 Å². The van der Waals surface area contributed by atoms with Gasteiger partial charge in [0.2, 0.25) is 0 Å². The highest BCUT2D eigenvalue weighted by atomic mass is 16.3. The van der Waals surface area contributed by atoms with Gasteiger partial charge < -0.3 is 26.8 Å². The molecule has 8 nitrogen and oxygen atoms in total. The van der Waals surface area contributed by atoms with Gasteiger partial charge in [0.05, 0.1) is 24.0 Å². The van der Waals surface area contributed by atoms with E-state index in [1.54, 1.807) is 6.20 Å². The highest BCUT2D eigenvalue weighted by Crippen LogP contribution is 2.31. The van der Waals surface area contributed by atoms with Gasteiger partial charge in [-0.15, -0.1) is 0 Å². The lowest BCUT2D eigenvalue weighted by molar-refractivity contribution is 0.0935. The highest BCUT2D eigenvalue weighted by Gasteiger charge is 2.30. The fourth-order valence-corrected chi connectivity index (χ4v) is 4.62. The van der Waals surface area contributed by atoms with E-state index < -0.39 is 6.10 Å². The standard InChI is InChI=1S/C25H28N6O2/c26-24-23(25(33)30-18-8-9-27-13-18)31-20(14-29-24)17-6-3-4-15(10-17)12-28-22-19-7-2-1-5-16(19)11-21(22)32/h1-7,10,14,18,21-22,27-28,32H,8-9,11-13H2,(H2,26,29)(H,30,33)/t18-,21-,22+/m0/s1. The Morgan fingerprint density at radius 1 is 1.21 bits per heavy atom. The van der Waals surface area contributed by atoms with Crippen LogP contribution in [-0.2, 0) is 13.0 Å². The van der Waals surface area contributed by atoms with Crippen LogP contribution in [0.5, 0.6) is 0 Å². The number of hydrogen-bond donors (Lipinski definition) is 5. The van der Waals surface area contributed by atoms with E-state index in [1.165, 1.54) is 5.56 Å². The summed E-state index contributed by atoms with van der Waals surface area (Å²) in [6.45, 7) is 2.22. The van der Waals surface area contributed by atoms with E-state index in [1.807, 2.05) is 36.4 Å². The predicted molar refractivity (Wildman–Crippen MR) is 126 cm³/mol. The van der Waals surface area contributed by atoms with E-state index in [0.29, 0.717) is 18.7 Å². The molecule has 8 heteroatoms. The Morgan fingerprint density at radius 2 is 2.09 bits per heavy atom. The smallest absolute Gasteiger partial charge is 0.274 e. The van der Waals surface area contributed by atoms with Gasteiger partial charge in [-0.25, -0.2) is 9.97 Å². The van der Waals surface area contributed by atoms with E-state index in [0.717, 1.165) is 36.2 Å². The Labute approximate surface area is 192 Å². The third-order valence-corrected chi connectivity index (χ3v) is 6.36. The van der Waals surface area contributed by atoms with Crippen LogP contribution in [0.25, 0.3) is 11.3 Å². The van der Waals surface area contributed by atoms with Crippen molar-refractivity contribution >= 4 is 11.7 Å². The van der Waals surface area contributed by atoms with Crippen LogP contribution in [0.2, 0.25) is 0 Å². The largest absolute Gasteiger partial charge is 0.391 e. The first-order chi connectivity index (χ1) is 16.1. The monoisotopic (exact) mass is 444 g/mol. The number of anilines is 1. The third-order valence-electron chi connectivity index (χ3n) is 6.36. The SMILES string of the molecule is Nc1ncc(-c2cccc(CN[C@@H]3c4ccccc4C[C@@H]3O)c2)nc1C(=O)N[C@H]1CCNC1. The van der Waals surface area contributed by atoms with Crippen molar-refractivity contribution in [1.29, 1.82) is 0 Å². The lowest BCUT2D eigenvalue weighted by Crippen LogP contribution is -2.37. The molecule has 2 aromatic carbocycles. The van der Waals surface area contributed by atoms with Crippen molar-refractivity contribution in [3.63, 3.8) is 0 Å². The summed E-state index contributed by atoms with van der Waals surface area (Å²) >= 11 is 0. The number of nitrogens with zero attached hydrogens (tertiary/aromatic N) is 2. The minimum atomic E-state index is -0.440. The van der Waals surface area contributed by atoms with Crippen molar-refractivity contribution in [2.24, 2.45) is 0 Å². The summed E-state index contributed by atoms with van der Waals surface area (Å²) in [5.74, 6) is -0.184. The van der Waals surface area contributed by atoms with Crippen LogP contribution in [0.3, 0.4) is 0 Å². The summed E-state index contributed by atoms with van der Waals surface area (Å²) in [5.41, 5.74) is 10.9. The van der Waals surface area contributed by atoms with Crippen LogP contribution in [0.4, 0.5) is 5.82 Å². The lowest BCUT2D eigenvalue weighted by Gasteiger charge is -2.18. The maximum absolute atomic E-state index is 12.7. The van der Waals surface area contributed by atoms with Gasteiger partial charge in [0.25, 0.3) is 5.91 Å². The Morgan fingerprint density at radius 3 is 2.94 bits per heavy atom. The number of nitrogens with one attached hydrogen (secondary N) is 3. The molecule has 0 radical (unpaired) electrons. The number of aliphatic hydroxyl groups excluding tert-OH is 1. The molecule has 33 heavy (non-hydrogen) atoms. The molecule has 1 fully saturated rings. The Balaban J connectivity index is 1.31.